The summed E-state index contributed by atoms with van der Waals surface area (Å²) in [7, 11) is 0. The standard InChI is InChI=1S/C13H18BrClO/c1-3-10(4-2)9-16-13-6-5-11(8-15)7-12(13)14/h5-7,10H,3-4,8-9H2,1-2H3. The zero-order valence-electron chi connectivity index (χ0n) is 9.80. The van der Waals surface area contributed by atoms with Crippen LogP contribution in [0.2, 0.25) is 0 Å². The first-order chi connectivity index (χ1) is 7.71. The van der Waals surface area contributed by atoms with Crippen molar-refractivity contribution in [3.8, 4) is 5.75 Å². The molecule has 0 aliphatic heterocycles. The molecular formula is C13H18BrClO. The molecule has 0 spiro atoms. The van der Waals surface area contributed by atoms with Crippen LogP contribution in [0.3, 0.4) is 0 Å². The van der Waals surface area contributed by atoms with Gasteiger partial charge in [0.15, 0.2) is 0 Å². The van der Waals surface area contributed by atoms with Crippen LogP contribution in [0.4, 0.5) is 0 Å². The highest BCUT2D eigenvalue weighted by Gasteiger charge is 2.07. The van der Waals surface area contributed by atoms with Gasteiger partial charge in [0, 0.05) is 5.88 Å². The SMILES string of the molecule is CCC(CC)COc1ccc(CCl)cc1Br. The van der Waals surface area contributed by atoms with Gasteiger partial charge in [-0.15, -0.1) is 11.6 Å². The molecule has 0 atom stereocenters. The molecule has 0 saturated carbocycles. The van der Waals surface area contributed by atoms with Crippen molar-refractivity contribution < 1.29 is 4.74 Å². The number of hydrogen-bond donors (Lipinski definition) is 0. The Morgan fingerprint density at radius 2 is 2.00 bits per heavy atom. The van der Waals surface area contributed by atoms with Gasteiger partial charge in [0.25, 0.3) is 0 Å². The maximum atomic E-state index is 5.79. The largest absolute Gasteiger partial charge is 0.492 e. The van der Waals surface area contributed by atoms with Gasteiger partial charge in [-0.1, -0.05) is 32.8 Å². The molecule has 0 N–H and O–H groups in total. The number of halogens is 2. The molecule has 3 heteroatoms. The molecule has 16 heavy (non-hydrogen) atoms. The Morgan fingerprint density at radius 1 is 1.31 bits per heavy atom. The molecular weight excluding hydrogens is 287 g/mol. The van der Waals surface area contributed by atoms with E-state index in [-0.39, 0.29) is 0 Å². The van der Waals surface area contributed by atoms with E-state index in [1.807, 2.05) is 18.2 Å². The number of alkyl halides is 1. The van der Waals surface area contributed by atoms with E-state index in [9.17, 15) is 0 Å². The molecule has 0 amide bonds. The van der Waals surface area contributed by atoms with Crippen molar-refractivity contribution in [2.24, 2.45) is 5.92 Å². The first-order valence-corrected chi connectivity index (χ1v) is 7.01. The molecule has 0 saturated heterocycles. The summed E-state index contributed by atoms with van der Waals surface area (Å²) in [5.41, 5.74) is 1.10. The van der Waals surface area contributed by atoms with E-state index < -0.39 is 0 Å². The lowest BCUT2D eigenvalue weighted by Gasteiger charge is -2.15. The van der Waals surface area contributed by atoms with Crippen molar-refractivity contribution in [1.29, 1.82) is 0 Å². The third kappa shape index (κ3) is 3.99. The fraction of sp³-hybridized carbons (Fsp3) is 0.538. The van der Waals surface area contributed by atoms with Gasteiger partial charge in [-0.3, -0.25) is 0 Å². The fourth-order valence-electron chi connectivity index (χ4n) is 1.48. The molecule has 0 aliphatic rings. The van der Waals surface area contributed by atoms with Crippen LogP contribution < -0.4 is 4.74 Å². The van der Waals surface area contributed by atoms with Crippen LogP contribution in [0.5, 0.6) is 5.75 Å². The van der Waals surface area contributed by atoms with Gasteiger partial charge in [0.2, 0.25) is 0 Å². The fourth-order valence-corrected chi connectivity index (χ4v) is 2.18. The van der Waals surface area contributed by atoms with E-state index in [2.05, 4.69) is 29.8 Å². The lowest BCUT2D eigenvalue weighted by molar-refractivity contribution is 0.239. The number of benzene rings is 1. The van der Waals surface area contributed by atoms with Crippen LogP contribution in [0.15, 0.2) is 22.7 Å². The Labute approximate surface area is 111 Å². The van der Waals surface area contributed by atoms with Crippen molar-refractivity contribution >= 4 is 27.5 Å². The Hall–Kier alpha value is -0.210. The topological polar surface area (TPSA) is 9.23 Å². The van der Waals surface area contributed by atoms with Gasteiger partial charge in [0.05, 0.1) is 11.1 Å². The van der Waals surface area contributed by atoms with Crippen LogP contribution in [0.1, 0.15) is 32.3 Å². The van der Waals surface area contributed by atoms with Crippen molar-refractivity contribution in [3.63, 3.8) is 0 Å². The Kier molecular flexibility index (Phi) is 6.22. The number of hydrogen-bond acceptors (Lipinski definition) is 1. The molecule has 1 rings (SSSR count). The first kappa shape index (κ1) is 13.9. The average molecular weight is 306 g/mol. The van der Waals surface area contributed by atoms with Crippen molar-refractivity contribution in [2.45, 2.75) is 32.6 Å². The minimum atomic E-state index is 0.533. The third-order valence-corrected chi connectivity index (χ3v) is 3.71. The Morgan fingerprint density at radius 3 is 2.50 bits per heavy atom. The van der Waals surface area contributed by atoms with Crippen LogP contribution in [-0.2, 0) is 5.88 Å². The second kappa shape index (κ2) is 7.18. The third-order valence-electron chi connectivity index (χ3n) is 2.78. The summed E-state index contributed by atoms with van der Waals surface area (Å²) in [6.45, 7) is 5.18. The van der Waals surface area contributed by atoms with Gasteiger partial charge in [-0.05, 0) is 39.5 Å². The maximum absolute atomic E-state index is 5.79. The Balaban J connectivity index is 2.60. The molecule has 0 bridgehead atoms. The molecule has 90 valence electrons. The highest BCUT2D eigenvalue weighted by Crippen LogP contribution is 2.27. The van der Waals surface area contributed by atoms with Crippen molar-refractivity contribution in [2.75, 3.05) is 6.61 Å². The molecule has 0 aromatic heterocycles. The molecule has 0 radical (unpaired) electrons. The molecule has 1 nitrogen and oxygen atoms in total. The molecule has 0 aliphatic carbocycles. The lowest BCUT2D eigenvalue weighted by atomic mass is 10.1. The zero-order chi connectivity index (χ0) is 12.0. The quantitative estimate of drug-likeness (QED) is 0.672. The lowest BCUT2D eigenvalue weighted by Crippen LogP contribution is -2.10. The molecule has 0 heterocycles. The molecule has 0 fully saturated rings. The average Bonchev–Trinajstić information content (AvgIpc) is 2.32. The molecule has 1 aromatic carbocycles. The van der Waals surface area contributed by atoms with Gasteiger partial charge in [-0.2, -0.15) is 0 Å². The van der Waals surface area contributed by atoms with Crippen molar-refractivity contribution in [1.82, 2.24) is 0 Å². The van der Waals surface area contributed by atoms with E-state index in [1.54, 1.807) is 0 Å². The summed E-state index contributed by atoms with van der Waals surface area (Å²) in [5.74, 6) is 2.08. The summed E-state index contributed by atoms with van der Waals surface area (Å²) in [6.07, 6.45) is 2.32. The summed E-state index contributed by atoms with van der Waals surface area (Å²) >= 11 is 9.26. The van der Waals surface area contributed by atoms with E-state index in [4.69, 9.17) is 16.3 Å². The van der Waals surface area contributed by atoms with E-state index >= 15 is 0 Å². The second-order valence-electron chi connectivity index (χ2n) is 3.89. The van der Waals surface area contributed by atoms with Gasteiger partial charge in [0.1, 0.15) is 5.75 Å². The van der Waals surface area contributed by atoms with Crippen molar-refractivity contribution in [3.05, 3.63) is 28.2 Å². The van der Waals surface area contributed by atoms with Crippen LogP contribution >= 0.6 is 27.5 Å². The van der Waals surface area contributed by atoms with Gasteiger partial charge < -0.3 is 4.74 Å². The summed E-state index contributed by atoms with van der Waals surface area (Å²) in [4.78, 5) is 0. The Bertz CT molecular complexity index is 324. The van der Waals surface area contributed by atoms with E-state index in [1.165, 1.54) is 0 Å². The van der Waals surface area contributed by atoms with Crippen LogP contribution in [-0.4, -0.2) is 6.61 Å². The smallest absolute Gasteiger partial charge is 0.133 e. The molecule has 0 unspecified atom stereocenters. The summed E-state index contributed by atoms with van der Waals surface area (Å²) in [5, 5.41) is 0. The van der Waals surface area contributed by atoms with E-state index in [0.717, 1.165) is 35.2 Å². The minimum Gasteiger partial charge on any atom is -0.492 e. The van der Waals surface area contributed by atoms with Gasteiger partial charge >= 0.3 is 0 Å². The molecule has 1 aromatic rings. The number of ether oxygens (including phenoxy) is 1. The first-order valence-electron chi connectivity index (χ1n) is 5.68. The van der Waals surface area contributed by atoms with Gasteiger partial charge in [-0.25, -0.2) is 0 Å². The highest BCUT2D eigenvalue weighted by molar-refractivity contribution is 9.10. The number of rotatable bonds is 6. The zero-order valence-corrected chi connectivity index (χ0v) is 12.1. The summed E-state index contributed by atoms with van der Waals surface area (Å²) in [6, 6.07) is 5.99. The predicted octanol–water partition coefficient (Wildman–Crippen LogP) is 5.00. The highest BCUT2D eigenvalue weighted by atomic mass is 79.9. The van der Waals surface area contributed by atoms with Crippen LogP contribution in [0.25, 0.3) is 0 Å². The summed E-state index contributed by atoms with van der Waals surface area (Å²) < 4.78 is 6.77. The predicted molar refractivity (Wildman–Crippen MR) is 73.3 cm³/mol. The normalized spacial score (nSPS) is 10.8. The van der Waals surface area contributed by atoms with E-state index in [0.29, 0.717) is 11.8 Å². The second-order valence-corrected chi connectivity index (χ2v) is 5.01. The van der Waals surface area contributed by atoms with Crippen LogP contribution in [0, 0.1) is 5.92 Å². The maximum Gasteiger partial charge on any atom is 0.133 e. The monoisotopic (exact) mass is 304 g/mol. The minimum absolute atomic E-state index is 0.533.